The number of aromatic nitrogens is 1. The number of benzene rings is 1. The van der Waals surface area contributed by atoms with Gasteiger partial charge in [0.15, 0.2) is 0 Å². The average Bonchev–Trinajstić information content (AvgIpc) is 2.38. The summed E-state index contributed by atoms with van der Waals surface area (Å²) in [6, 6.07) is 9.48. The van der Waals surface area contributed by atoms with E-state index in [1.54, 1.807) is 12.3 Å². The molecule has 0 saturated heterocycles. The minimum Gasteiger partial charge on any atom is -0.489 e. The van der Waals surface area contributed by atoms with Gasteiger partial charge < -0.3 is 4.74 Å². The Hall–Kier alpha value is -1.93. The van der Waals surface area contributed by atoms with Gasteiger partial charge >= 0.3 is 0 Å². The third-order valence-electron chi connectivity index (χ3n) is 2.25. The maximum atomic E-state index is 12.7. The minimum absolute atomic E-state index is 0.209. The molecule has 3 nitrogen and oxygen atoms in total. The van der Waals surface area contributed by atoms with Crippen molar-refractivity contribution in [3.63, 3.8) is 0 Å². The van der Waals surface area contributed by atoms with E-state index in [1.165, 1.54) is 24.3 Å². The number of hydrogen-bond donors (Lipinski definition) is 0. The number of rotatable bonds is 3. The summed E-state index contributed by atoms with van der Waals surface area (Å²) in [6.45, 7) is 0.209. The highest BCUT2D eigenvalue weighted by Crippen LogP contribution is 2.17. The van der Waals surface area contributed by atoms with Crippen LogP contribution in [0.25, 0.3) is 0 Å². The fourth-order valence-electron chi connectivity index (χ4n) is 1.38. The van der Waals surface area contributed by atoms with Crippen LogP contribution in [0.15, 0.2) is 41.0 Å². The van der Waals surface area contributed by atoms with Crippen molar-refractivity contribution < 1.29 is 9.13 Å². The van der Waals surface area contributed by atoms with Gasteiger partial charge in [0.1, 0.15) is 29.9 Å². The van der Waals surface area contributed by atoms with Gasteiger partial charge in [0.05, 0.1) is 0 Å². The number of nitrogens with zero attached hydrogens (tertiary/aromatic N) is 2. The van der Waals surface area contributed by atoms with Crippen LogP contribution in [0.5, 0.6) is 5.75 Å². The zero-order chi connectivity index (χ0) is 13.0. The molecule has 0 radical (unpaired) electrons. The van der Waals surface area contributed by atoms with Crippen molar-refractivity contribution in [3.8, 4) is 11.8 Å². The lowest BCUT2D eigenvalue weighted by Gasteiger charge is -2.07. The number of ether oxygens (including phenoxy) is 1. The molecular weight excluding hydrogens is 299 g/mol. The van der Waals surface area contributed by atoms with Crippen molar-refractivity contribution in [2.75, 3.05) is 0 Å². The zero-order valence-corrected chi connectivity index (χ0v) is 10.8. The monoisotopic (exact) mass is 306 g/mol. The summed E-state index contributed by atoms with van der Waals surface area (Å²) in [4.78, 5) is 3.98. The van der Waals surface area contributed by atoms with Gasteiger partial charge in [-0.25, -0.2) is 9.37 Å². The van der Waals surface area contributed by atoms with Gasteiger partial charge in [0.25, 0.3) is 0 Å². The summed E-state index contributed by atoms with van der Waals surface area (Å²) >= 11 is 3.28. The predicted octanol–water partition coefficient (Wildman–Crippen LogP) is 3.43. The fourth-order valence-corrected chi connectivity index (χ4v) is 1.76. The third kappa shape index (κ3) is 3.05. The molecule has 90 valence electrons. The molecule has 0 aliphatic heterocycles. The summed E-state index contributed by atoms with van der Waals surface area (Å²) < 4.78 is 18.9. The molecule has 0 N–H and O–H groups in total. The zero-order valence-electron chi connectivity index (χ0n) is 9.23. The van der Waals surface area contributed by atoms with Gasteiger partial charge in [-0.3, -0.25) is 0 Å². The molecule has 0 aliphatic carbocycles. The quantitative estimate of drug-likeness (QED) is 0.872. The van der Waals surface area contributed by atoms with E-state index in [9.17, 15) is 4.39 Å². The highest BCUT2D eigenvalue weighted by atomic mass is 79.9. The maximum Gasteiger partial charge on any atom is 0.147 e. The second-order valence-electron chi connectivity index (χ2n) is 3.52. The van der Waals surface area contributed by atoms with Crippen LogP contribution < -0.4 is 4.74 Å². The van der Waals surface area contributed by atoms with Gasteiger partial charge in [-0.05, 0) is 46.3 Å². The van der Waals surface area contributed by atoms with E-state index in [-0.39, 0.29) is 12.4 Å². The number of pyridine rings is 1. The molecule has 0 bridgehead atoms. The smallest absolute Gasteiger partial charge is 0.147 e. The average molecular weight is 307 g/mol. The van der Waals surface area contributed by atoms with Crippen molar-refractivity contribution in [1.82, 2.24) is 4.98 Å². The topological polar surface area (TPSA) is 45.9 Å². The van der Waals surface area contributed by atoms with Crippen LogP contribution in [0, 0.1) is 17.1 Å². The highest BCUT2D eigenvalue weighted by Gasteiger charge is 2.05. The summed E-state index contributed by atoms with van der Waals surface area (Å²) in [5.41, 5.74) is 0.997. The molecule has 1 heterocycles. The lowest BCUT2D eigenvalue weighted by Crippen LogP contribution is -2.00. The van der Waals surface area contributed by atoms with Crippen LogP contribution in [-0.4, -0.2) is 4.98 Å². The van der Waals surface area contributed by atoms with Crippen molar-refractivity contribution >= 4 is 15.9 Å². The molecule has 18 heavy (non-hydrogen) atoms. The van der Waals surface area contributed by atoms with Gasteiger partial charge in [0, 0.05) is 16.2 Å². The van der Waals surface area contributed by atoms with E-state index in [0.29, 0.717) is 17.0 Å². The largest absolute Gasteiger partial charge is 0.489 e. The van der Waals surface area contributed by atoms with E-state index in [1.807, 2.05) is 6.07 Å². The molecule has 0 atom stereocenters. The van der Waals surface area contributed by atoms with E-state index in [0.717, 1.165) is 4.47 Å². The first-order chi connectivity index (χ1) is 8.69. The SMILES string of the molecule is N#Cc1ncc(Br)cc1COc1ccc(F)cc1. The molecule has 0 unspecified atom stereocenters. The minimum atomic E-state index is -0.316. The molecule has 2 rings (SSSR count). The van der Waals surface area contributed by atoms with Crippen molar-refractivity contribution in [3.05, 3.63) is 58.1 Å². The summed E-state index contributed by atoms with van der Waals surface area (Å²) in [7, 11) is 0. The first-order valence-corrected chi connectivity index (χ1v) is 5.91. The van der Waals surface area contributed by atoms with E-state index < -0.39 is 0 Å². The van der Waals surface area contributed by atoms with Gasteiger partial charge in [0.2, 0.25) is 0 Å². The Balaban J connectivity index is 2.13. The molecule has 5 heteroatoms. The summed E-state index contributed by atoms with van der Waals surface area (Å²) in [5, 5.41) is 8.91. The molecule has 1 aromatic heterocycles. The summed E-state index contributed by atoms with van der Waals surface area (Å²) in [6.07, 6.45) is 1.56. The van der Waals surface area contributed by atoms with Crippen molar-refractivity contribution in [1.29, 1.82) is 5.26 Å². The molecule has 0 spiro atoms. The van der Waals surface area contributed by atoms with Crippen molar-refractivity contribution in [2.24, 2.45) is 0 Å². The highest BCUT2D eigenvalue weighted by molar-refractivity contribution is 9.10. The Morgan fingerprint density at radius 1 is 1.33 bits per heavy atom. The van der Waals surface area contributed by atoms with Gasteiger partial charge in [-0.1, -0.05) is 0 Å². The Morgan fingerprint density at radius 2 is 2.06 bits per heavy atom. The fraction of sp³-hybridized carbons (Fsp3) is 0.0769. The second-order valence-corrected chi connectivity index (χ2v) is 4.43. The second kappa shape index (κ2) is 5.61. The Kier molecular flexibility index (Phi) is 3.90. The first-order valence-electron chi connectivity index (χ1n) is 5.12. The summed E-state index contributed by atoms with van der Waals surface area (Å²) in [5.74, 6) is 0.226. The number of hydrogen-bond acceptors (Lipinski definition) is 3. The molecule has 1 aromatic carbocycles. The van der Waals surface area contributed by atoms with Crippen molar-refractivity contribution in [2.45, 2.75) is 6.61 Å². The molecule has 0 aliphatic rings. The number of halogens is 2. The van der Waals surface area contributed by atoms with Crippen LogP contribution in [0.4, 0.5) is 4.39 Å². The Morgan fingerprint density at radius 3 is 2.72 bits per heavy atom. The normalized spacial score (nSPS) is 9.83. The van der Waals surface area contributed by atoms with Crippen LogP contribution in [-0.2, 0) is 6.61 Å². The third-order valence-corrected chi connectivity index (χ3v) is 2.68. The van der Waals surface area contributed by atoms with Gasteiger partial charge in [-0.2, -0.15) is 5.26 Å². The van der Waals surface area contributed by atoms with E-state index in [4.69, 9.17) is 10.00 Å². The molecule has 0 amide bonds. The number of nitriles is 1. The first kappa shape index (κ1) is 12.5. The maximum absolute atomic E-state index is 12.7. The van der Waals surface area contributed by atoms with Crippen LogP contribution in [0.2, 0.25) is 0 Å². The lowest BCUT2D eigenvalue weighted by atomic mass is 10.2. The molecular formula is C13H8BrFN2O. The van der Waals surface area contributed by atoms with Crippen LogP contribution in [0.1, 0.15) is 11.3 Å². The Bertz CT molecular complexity index is 593. The lowest BCUT2D eigenvalue weighted by molar-refractivity contribution is 0.305. The standard InChI is InChI=1S/C13H8BrFN2O/c14-10-5-9(13(6-16)17-7-10)8-18-12-3-1-11(15)2-4-12/h1-5,7H,8H2. The predicted molar refractivity (Wildman–Crippen MR) is 67.4 cm³/mol. The van der Waals surface area contributed by atoms with E-state index >= 15 is 0 Å². The van der Waals surface area contributed by atoms with Gasteiger partial charge in [-0.15, -0.1) is 0 Å². The van der Waals surface area contributed by atoms with Crippen LogP contribution in [0.3, 0.4) is 0 Å². The van der Waals surface area contributed by atoms with Crippen LogP contribution >= 0.6 is 15.9 Å². The molecule has 0 fully saturated rings. The molecule has 2 aromatic rings. The molecule has 0 saturated carbocycles. The Labute approximate surface area is 112 Å². The van der Waals surface area contributed by atoms with E-state index in [2.05, 4.69) is 20.9 Å².